The number of hydrogen-bond acceptors (Lipinski definition) is 4. The SMILES string of the molecule is COC(=O)[C@@H]1[C@H]2CC[C@@H](C2)[C@H]1NC(=O)c1nc(C)n2c1CCCC2. The second-order valence-corrected chi connectivity index (χ2v) is 7.44. The lowest BCUT2D eigenvalue weighted by Gasteiger charge is -2.29. The molecule has 2 fully saturated rings. The predicted molar refractivity (Wildman–Crippen MR) is 87.5 cm³/mol. The molecule has 24 heavy (non-hydrogen) atoms. The molecular formula is C18H25N3O3. The molecule has 0 saturated heterocycles. The van der Waals surface area contributed by atoms with Crippen molar-refractivity contribution in [3.8, 4) is 0 Å². The van der Waals surface area contributed by atoms with E-state index in [4.69, 9.17) is 4.74 Å². The van der Waals surface area contributed by atoms with Gasteiger partial charge in [-0.25, -0.2) is 4.98 Å². The van der Waals surface area contributed by atoms with Crippen molar-refractivity contribution in [3.05, 3.63) is 17.2 Å². The third-order valence-electron chi connectivity index (χ3n) is 6.21. The highest BCUT2D eigenvalue weighted by Gasteiger charge is 2.52. The molecule has 2 bridgehead atoms. The summed E-state index contributed by atoms with van der Waals surface area (Å²) in [4.78, 5) is 29.6. The third kappa shape index (κ3) is 2.34. The molecule has 1 N–H and O–H groups in total. The van der Waals surface area contributed by atoms with E-state index in [1.807, 2.05) is 6.92 Å². The fourth-order valence-electron chi connectivity index (χ4n) is 5.10. The molecule has 4 rings (SSSR count). The van der Waals surface area contributed by atoms with Gasteiger partial charge in [-0.15, -0.1) is 0 Å². The molecule has 0 spiro atoms. The first-order chi connectivity index (χ1) is 11.6. The average molecular weight is 331 g/mol. The molecule has 1 aromatic rings. The van der Waals surface area contributed by atoms with Crippen LogP contribution in [0.15, 0.2) is 0 Å². The Kier molecular flexibility index (Phi) is 3.85. The summed E-state index contributed by atoms with van der Waals surface area (Å²) in [5.41, 5.74) is 1.60. The summed E-state index contributed by atoms with van der Waals surface area (Å²) in [6.45, 7) is 2.90. The van der Waals surface area contributed by atoms with Crippen molar-refractivity contribution < 1.29 is 14.3 Å². The Labute approximate surface area is 142 Å². The number of nitrogens with zero attached hydrogens (tertiary/aromatic N) is 2. The summed E-state index contributed by atoms with van der Waals surface area (Å²) in [6, 6.07) is -0.107. The van der Waals surface area contributed by atoms with Crippen molar-refractivity contribution in [3.63, 3.8) is 0 Å². The fourth-order valence-corrected chi connectivity index (χ4v) is 5.10. The maximum absolute atomic E-state index is 12.9. The number of imidazole rings is 1. The van der Waals surface area contributed by atoms with Crippen LogP contribution in [-0.4, -0.2) is 34.6 Å². The third-order valence-corrected chi connectivity index (χ3v) is 6.21. The van der Waals surface area contributed by atoms with Crippen LogP contribution in [0.2, 0.25) is 0 Å². The first-order valence-corrected chi connectivity index (χ1v) is 9.05. The van der Waals surface area contributed by atoms with Crippen LogP contribution in [0.3, 0.4) is 0 Å². The lowest BCUT2D eigenvalue weighted by Crippen LogP contribution is -2.47. The van der Waals surface area contributed by atoms with Crippen molar-refractivity contribution >= 4 is 11.9 Å². The Morgan fingerprint density at radius 2 is 2.04 bits per heavy atom. The van der Waals surface area contributed by atoms with Crippen molar-refractivity contribution in [2.75, 3.05) is 7.11 Å². The molecule has 6 nitrogen and oxygen atoms in total. The molecule has 1 aliphatic heterocycles. The van der Waals surface area contributed by atoms with Crippen LogP contribution in [0.1, 0.15) is 54.1 Å². The number of rotatable bonds is 3. The zero-order valence-electron chi connectivity index (χ0n) is 14.4. The minimum absolute atomic E-state index is 0.107. The van der Waals surface area contributed by atoms with Gasteiger partial charge < -0.3 is 14.6 Å². The summed E-state index contributed by atoms with van der Waals surface area (Å²) in [5.74, 6) is 1.15. The predicted octanol–water partition coefficient (Wildman–Crippen LogP) is 1.85. The van der Waals surface area contributed by atoms with Crippen LogP contribution in [0.25, 0.3) is 0 Å². The molecule has 0 unspecified atom stereocenters. The summed E-state index contributed by atoms with van der Waals surface area (Å²) in [5, 5.41) is 3.14. The van der Waals surface area contributed by atoms with Gasteiger partial charge in [0.15, 0.2) is 0 Å². The normalized spacial score (nSPS) is 30.9. The quantitative estimate of drug-likeness (QED) is 0.858. The molecule has 4 atom stereocenters. The number of ether oxygens (including phenoxy) is 1. The molecule has 2 heterocycles. The number of amides is 1. The number of carbonyl (C=O) groups excluding carboxylic acids is 2. The maximum atomic E-state index is 12.9. The van der Waals surface area contributed by atoms with Crippen LogP contribution < -0.4 is 5.32 Å². The largest absolute Gasteiger partial charge is 0.469 e. The van der Waals surface area contributed by atoms with E-state index in [0.717, 1.165) is 56.6 Å². The summed E-state index contributed by atoms with van der Waals surface area (Å²) < 4.78 is 7.15. The van der Waals surface area contributed by atoms with E-state index >= 15 is 0 Å². The van der Waals surface area contributed by atoms with E-state index in [0.29, 0.717) is 17.5 Å². The smallest absolute Gasteiger partial charge is 0.311 e. The zero-order chi connectivity index (χ0) is 16.8. The number of carbonyl (C=O) groups is 2. The summed E-state index contributed by atoms with van der Waals surface area (Å²) in [7, 11) is 1.43. The molecule has 1 aromatic heterocycles. The molecule has 0 radical (unpaired) electrons. The van der Waals surface area contributed by atoms with Crippen LogP contribution in [0.5, 0.6) is 0 Å². The van der Waals surface area contributed by atoms with Crippen molar-refractivity contribution in [1.29, 1.82) is 0 Å². The number of hydrogen-bond donors (Lipinski definition) is 1. The van der Waals surface area contributed by atoms with E-state index in [2.05, 4.69) is 14.9 Å². The topological polar surface area (TPSA) is 73.2 Å². The van der Waals surface area contributed by atoms with Gasteiger partial charge in [-0.05, 0) is 57.3 Å². The van der Waals surface area contributed by atoms with Gasteiger partial charge >= 0.3 is 5.97 Å². The Morgan fingerprint density at radius 3 is 2.83 bits per heavy atom. The van der Waals surface area contributed by atoms with Gasteiger partial charge in [-0.2, -0.15) is 0 Å². The molecule has 1 amide bonds. The van der Waals surface area contributed by atoms with Crippen molar-refractivity contribution in [2.24, 2.45) is 17.8 Å². The molecular weight excluding hydrogens is 306 g/mol. The molecule has 6 heteroatoms. The van der Waals surface area contributed by atoms with Crippen molar-refractivity contribution in [2.45, 2.75) is 58.0 Å². The van der Waals surface area contributed by atoms with Gasteiger partial charge in [0.05, 0.1) is 18.7 Å². The minimum atomic E-state index is -0.197. The standard InChI is InChI=1S/C18H25N3O3/c1-10-19-16(13-5-3-4-8-21(10)13)17(22)20-15-12-7-6-11(9-12)14(15)18(23)24-2/h11-12,14-15H,3-9H2,1-2H3,(H,20,22)/t11-,12-,14+,15+/m0/s1. The molecule has 130 valence electrons. The number of methoxy groups -OCH3 is 1. The molecule has 3 aliphatic rings. The van der Waals surface area contributed by atoms with Crippen molar-refractivity contribution in [1.82, 2.24) is 14.9 Å². The second-order valence-electron chi connectivity index (χ2n) is 7.44. The van der Waals surface area contributed by atoms with Crippen LogP contribution in [-0.2, 0) is 22.5 Å². The number of nitrogens with one attached hydrogen (secondary N) is 1. The van der Waals surface area contributed by atoms with E-state index in [-0.39, 0.29) is 23.8 Å². The van der Waals surface area contributed by atoms with Gasteiger partial charge in [0.2, 0.25) is 0 Å². The Hall–Kier alpha value is -1.85. The minimum Gasteiger partial charge on any atom is -0.469 e. The second kappa shape index (κ2) is 5.90. The van der Waals surface area contributed by atoms with Gasteiger partial charge in [-0.3, -0.25) is 9.59 Å². The van der Waals surface area contributed by atoms with Gasteiger partial charge in [0.25, 0.3) is 5.91 Å². The van der Waals surface area contributed by atoms with Gasteiger partial charge in [-0.1, -0.05) is 0 Å². The lowest BCUT2D eigenvalue weighted by atomic mass is 9.84. The van der Waals surface area contributed by atoms with E-state index in [1.165, 1.54) is 7.11 Å². The number of fused-ring (bicyclic) bond motifs is 3. The van der Waals surface area contributed by atoms with E-state index in [1.54, 1.807) is 0 Å². The van der Waals surface area contributed by atoms with E-state index in [9.17, 15) is 9.59 Å². The fraction of sp³-hybridized carbons (Fsp3) is 0.722. The van der Waals surface area contributed by atoms with Crippen LogP contribution in [0, 0.1) is 24.7 Å². The highest BCUT2D eigenvalue weighted by atomic mass is 16.5. The number of aromatic nitrogens is 2. The Morgan fingerprint density at radius 1 is 1.25 bits per heavy atom. The summed E-state index contributed by atoms with van der Waals surface area (Å²) in [6.07, 6.45) is 6.32. The van der Waals surface area contributed by atoms with Crippen LogP contribution in [0.4, 0.5) is 0 Å². The van der Waals surface area contributed by atoms with E-state index < -0.39 is 0 Å². The Balaban J connectivity index is 1.57. The number of aryl methyl sites for hydroxylation is 1. The monoisotopic (exact) mass is 331 g/mol. The average Bonchev–Trinajstić information content (AvgIpc) is 3.28. The first-order valence-electron chi connectivity index (χ1n) is 9.05. The molecule has 2 saturated carbocycles. The molecule has 0 aromatic carbocycles. The highest BCUT2D eigenvalue weighted by molar-refractivity contribution is 5.94. The van der Waals surface area contributed by atoms with Gasteiger partial charge in [0, 0.05) is 12.6 Å². The molecule has 2 aliphatic carbocycles. The Bertz CT molecular complexity index is 681. The van der Waals surface area contributed by atoms with Crippen LogP contribution >= 0.6 is 0 Å². The maximum Gasteiger partial charge on any atom is 0.311 e. The highest BCUT2D eigenvalue weighted by Crippen LogP contribution is 2.49. The first kappa shape index (κ1) is 15.7. The summed E-state index contributed by atoms with van der Waals surface area (Å²) >= 11 is 0. The number of esters is 1. The zero-order valence-corrected chi connectivity index (χ0v) is 14.4. The van der Waals surface area contributed by atoms with Gasteiger partial charge in [0.1, 0.15) is 11.5 Å². The lowest BCUT2D eigenvalue weighted by molar-refractivity contribution is -0.148.